The molecule has 2 aromatic rings. The molecular formula is C25H31N3O6. The molecule has 34 heavy (non-hydrogen) atoms. The maximum Gasteiger partial charge on any atom is 0.262 e. The largest absolute Gasteiger partial charge is 0.508 e. The summed E-state index contributed by atoms with van der Waals surface area (Å²) in [6.45, 7) is 4.25. The number of amides is 3. The number of benzene rings is 2. The lowest BCUT2D eigenvalue weighted by atomic mass is 9.98. The lowest BCUT2D eigenvalue weighted by Crippen LogP contribution is -2.29. The van der Waals surface area contributed by atoms with E-state index < -0.39 is 5.91 Å². The molecule has 1 aliphatic rings. The van der Waals surface area contributed by atoms with Crippen molar-refractivity contribution in [1.82, 2.24) is 5.48 Å². The summed E-state index contributed by atoms with van der Waals surface area (Å²) < 4.78 is 0. The Balaban J connectivity index is 1.62. The van der Waals surface area contributed by atoms with Gasteiger partial charge in [0.05, 0.1) is 5.56 Å². The molecule has 0 aromatic heterocycles. The third-order valence-corrected chi connectivity index (χ3v) is 5.93. The van der Waals surface area contributed by atoms with Crippen LogP contribution in [-0.4, -0.2) is 39.7 Å². The van der Waals surface area contributed by atoms with Crippen LogP contribution < -0.4 is 15.7 Å². The van der Waals surface area contributed by atoms with E-state index in [9.17, 15) is 24.6 Å². The normalized spacial score (nSPS) is 12.5. The van der Waals surface area contributed by atoms with Crippen LogP contribution in [0.2, 0.25) is 0 Å². The smallest absolute Gasteiger partial charge is 0.262 e. The van der Waals surface area contributed by atoms with E-state index in [0.717, 1.165) is 11.3 Å². The van der Waals surface area contributed by atoms with Gasteiger partial charge in [-0.2, -0.15) is 0 Å². The Kier molecular flexibility index (Phi) is 8.12. The molecule has 1 heterocycles. The number of carbonyl (C=O) groups is 3. The fourth-order valence-electron chi connectivity index (χ4n) is 4.09. The fourth-order valence-corrected chi connectivity index (χ4v) is 4.09. The molecule has 2 aromatic carbocycles. The van der Waals surface area contributed by atoms with E-state index in [4.69, 9.17) is 5.21 Å². The first-order valence-corrected chi connectivity index (χ1v) is 11.4. The number of aromatic hydroxyl groups is 2. The van der Waals surface area contributed by atoms with Crippen molar-refractivity contribution >= 4 is 29.1 Å². The van der Waals surface area contributed by atoms with E-state index >= 15 is 0 Å². The third kappa shape index (κ3) is 5.85. The number of hydrogen-bond acceptors (Lipinski definition) is 6. The van der Waals surface area contributed by atoms with Gasteiger partial charge in [-0.25, -0.2) is 5.48 Å². The third-order valence-electron chi connectivity index (χ3n) is 5.93. The number of rotatable bonds is 9. The molecule has 0 bridgehead atoms. The lowest BCUT2D eigenvalue weighted by molar-refractivity contribution is -0.129. The Bertz CT molecular complexity index is 1080. The van der Waals surface area contributed by atoms with Crippen molar-refractivity contribution in [2.45, 2.75) is 58.3 Å². The van der Waals surface area contributed by atoms with E-state index in [0.29, 0.717) is 49.9 Å². The molecule has 0 atom stereocenters. The predicted octanol–water partition coefficient (Wildman–Crippen LogP) is 3.82. The molecule has 0 unspecified atom stereocenters. The number of hydroxylamine groups is 1. The summed E-state index contributed by atoms with van der Waals surface area (Å²) >= 11 is 0. The molecule has 0 aliphatic carbocycles. The Morgan fingerprint density at radius 1 is 0.971 bits per heavy atom. The van der Waals surface area contributed by atoms with Gasteiger partial charge in [-0.3, -0.25) is 19.6 Å². The van der Waals surface area contributed by atoms with Crippen molar-refractivity contribution in [3.05, 3.63) is 47.0 Å². The van der Waals surface area contributed by atoms with Gasteiger partial charge in [0.2, 0.25) is 11.8 Å². The molecule has 3 rings (SSSR count). The second-order valence-corrected chi connectivity index (χ2v) is 8.78. The summed E-state index contributed by atoms with van der Waals surface area (Å²) in [6.07, 6.45) is 3.09. The Morgan fingerprint density at radius 2 is 1.68 bits per heavy atom. The minimum Gasteiger partial charge on any atom is -0.508 e. The first-order valence-electron chi connectivity index (χ1n) is 11.4. The molecule has 0 spiro atoms. The summed E-state index contributed by atoms with van der Waals surface area (Å²) in [4.78, 5) is 38.0. The first kappa shape index (κ1) is 25.0. The van der Waals surface area contributed by atoms with Crippen molar-refractivity contribution in [1.29, 1.82) is 0 Å². The maximum absolute atomic E-state index is 13.2. The minimum absolute atomic E-state index is 0.00998. The number of phenolic OH excluding ortho intramolecular Hbond substituents is 2. The van der Waals surface area contributed by atoms with Crippen molar-refractivity contribution in [3.63, 3.8) is 0 Å². The van der Waals surface area contributed by atoms with Crippen LogP contribution >= 0.6 is 0 Å². The molecule has 9 nitrogen and oxygen atoms in total. The SMILES string of the molecule is CC(C)c1cc(C(=O)N2CCc3cc(NC(=O)CCCCCC(=O)NO)ccc32)c(O)cc1O. The summed E-state index contributed by atoms with van der Waals surface area (Å²) in [6, 6.07) is 8.12. The molecule has 9 heteroatoms. The summed E-state index contributed by atoms with van der Waals surface area (Å²) in [5.41, 5.74) is 4.61. The van der Waals surface area contributed by atoms with E-state index in [2.05, 4.69) is 5.32 Å². The second kappa shape index (κ2) is 11.0. The first-order chi connectivity index (χ1) is 16.2. The predicted molar refractivity (Wildman–Crippen MR) is 127 cm³/mol. The monoisotopic (exact) mass is 469 g/mol. The average molecular weight is 470 g/mol. The number of carbonyl (C=O) groups excluding carboxylic acids is 3. The quantitative estimate of drug-likeness (QED) is 0.215. The number of phenols is 2. The zero-order chi connectivity index (χ0) is 24.8. The number of nitrogens with zero attached hydrogens (tertiary/aromatic N) is 1. The van der Waals surface area contributed by atoms with Crippen molar-refractivity contribution < 1.29 is 29.8 Å². The standard InChI is InChI=1S/C25H31N3O6/c1-15(2)18-13-19(22(30)14-21(18)29)25(33)28-11-10-16-12-17(8-9-20(16)28)26-23(31)6-4-3-5-7-24(32)27-34/h8-9,12-15,29-30,34H,3-7,10-11H2,1-2H3,(H,26,31)(H,27,32). The van der Waals surface area contributed by atoms with E-state index in [1.54, 1.807) is 28.6 Å². The number of unbranched alkanes of at least 4 members (excludes halogenated alkanes) is 2. The number of fused-ring (bicyclic) bond motifs is 1. The highest BCUT2D eigenvalue weighted by Gasteiger charge is 2.28. The van der Waals surface area contributed by atoms with Gasteiger partial charge in [0.15, 0.2) is 0 Å². The highest BCUT2D eigenvalue weighted by molar-refractivity contribution is 6.09. The average Bonchev–Trinajstić information content (AvgIpc) is 3.21. The van der Waals surface area contributed by atoms with E-state index in [-0.39, 0.29) is 41.2 Å². The molecule has 0 saturated carbocycles. The number of anilines is 2. The van der Waals surface area contributed by atoms with Crippen LogP contribution in [0.25, 0.3) is 0 Å². The highest BCUT2D eigenvalue weighted by Crippen LogP contribution is 2.36. The van der Waals surface area contributed by atoms with Gasteiger partial charge < -0.3 is 20.4 Å². The van der Waals surface area contributed by atoms with Crippen molar-refractivity contribution in [2.24, 2.45) is 0 Å². The fraction of sp³-hybridized carbons (Fsp3) is 0.400. The van der Waals surface area contributed by atoms with Gasteiger partial charge in [0, 0.05) is 36.8 Å². The van der Waals surface area contributed by atoms with Crippen LogP contribution in [0, 0.1) is 0 Å². The molecular weight excluding hydrogens is 438 g/mol. The van der Waals surface area contributed by atoms with Crippen LogP contribution in [0.5, 0.6) is 11.5 Å². The zero-order valence-electron chi connectivity index (χ0n) is 19.4. The van der Waals surface area contributed by atoms with Gasteiger partial charge in [-0.15, -0.1) is 0 Å². The summed E-state index contributed by atoms with van der Waals surface area (Å²) in [5, 5.41) is 31.7. The Morgan fingerprint density at radius 3 is 2.35 bits per heavy atom. The van der Waals surface area contributed by atoms with Crippen LogP contribution in [0.1, 0.15) is 73.4 Å². The lowest BCUT2D eigenvalue weighted by Gasteiger charge is -2.20. The van der Waals surface area contributed by atoms with Crippen molar-refractivity contribution in [3.8, 4) is 11.5 Å². The van der Waals surface area contributed by atoms with Crippen LogP contribution in [-0.2, 0) is 16.0 Å². The maximum atomic E-state index is 13.2. The highest BCUT2D eigenvalue weighted by atomic mass is 16.5. The molecule has 182 valence electrons. The van der Waals surface area contributed by atoms with Crippen LogP contribution in [0.4, 0.5) is 11.4 Å². The molecule has 0 fully saturated rings. The van der Waals surface area contributed by atoms with Gasteiger partial charge in [0.1, 0.15) is 11.5 Å². The minimum atomic E-state index is -0.434. The summed E-state index contributed by atoms with van der Waals surface area (Å²) in [7, 11) is 0. The van der Waals surface area contributed by atoms with E-state index in [1.807, 2.05) is 19.9 Å². The Labute approximate surface area is 198 Å². The van der Waals surface area contributed by atoms with Crippen LogP contribution in [0.15, 0.2) is 30.3 Å². The van der Waals surface area contributed by atoms with Gasteiger partial charge in [0.25, 0.3) is 5.91 Å². The second-order valence-electron chi connectivity index (χ2n) is 8.78. The van der Waals surface area contributed by atoms with Crippen LogP contribution in [0.3, 0.4) is 0 Å². The molecule has 1 aliphatic heterocycles. The molecule has 3 amide bonds. The van der Waals surface area contributed by atoms with Gasteiger partial charge >= 0.3 is 0 Å². The molecule has 5 N–H and O–H groups in total. The Hall–Kier alpha value is -3.59. The van der Waals surface area contributed by atoms with Gasteiger partial charge in [-0.05, 0) is 60.6 Å². The topological polar surface area (TPSA) is 139 Å². The zero-order valence-corrected chi connectivity index (χ0v) is 19.4. The number of hydrogen-bond donors (Lipinski definition) is 5. The van der Waals surface area contributed by atoms with Gasteiger partial charge in [-0.1, -0.05) is 20.3 Å². The van der Waals surface area contributed by atoms with Crippen molar-refractivity contribution in [2.75, 3.05) is 16.8 Å². The summed E-state index contributed by atoms with van der Waals surface area (Å²) in [5.74, 6) is -1.22. The number of nitrogens with one attached hydrogen (secondary N) is 2. The molecule has 0 saturated heterocycles. The molecule has 0 radical (unpaired) electrons. The van der Waals surface area contributed by atoms with E-state index in [1.165, 1.54) is 6.07 Å².